The number of hydrogen-bond donors (Lipinski definition) is 0. The second kappa shape index (κ2) is 7.19. The maximum absolute atomic E-state index is 13.5. The standard InChI is InChI=1S/C22H22F3N7O/c1-12-19-14(20(31(4)28-19)17-10-18(22(23,24)25)27-30(17)3)8-9-32(12)21(33)13-6-5-7-16-15(13)11-29(2)26-16/h5-7,10-12H,8-9H2,1-4H3/t12-/m0/s1. The molecule has 0 aliphatic carbocycles. The third kappa shape index (κ3) is 3.30. The van der Waals surface area contributed by atoms with Gasteiger partial charge >= 0.3 is 6.18 Å². The largest absolute Gasteiger partial charge is 0.435 e. The summed E-state index contributed by atoms with van der Waals surface area (Å²) in [5, 5.41) is 13.4. The van der Waals surface area contributed by atoms with E-state index >= 15 is 0 Å². The van der Waals surface area contributed by atoms with E-state index in [1.54, 1.807) is 27.4 Å². The van der Waals surface area contributed by atoms with Crippen LogP contribution in [0.1, 0.15) is 40.3 Å². The molecule has 0 saturated heterocycles. The molecule has 33 heavy (non-hydrogen) atoms. The second-order valence-corrected chi connectivity index (χ2v) is 8.34. The molecule has 1 aliphatic rings. The molecule has 11 heteroatoms. The number of aryl methyl sites for hydroxylation is 3. The van der Waals surface area contributed by atoms with Crippen molar-refractivity contribution in [3.63, 3.8) is 0 Å². The molecule has 0 radical (unpaired) electrons. The quantitative estimate of drug-likeness (QED) is 0.462. The van der Waals surface area contributed by atoms with Crippen LogP contribution in [0, 0.1) is 0 Å². The van der Waals surface area contributed by atoms with Crippen molar-refractivity contribution in [3.8, 4) is 11.4 Å². The van der Waals surface area contributed by atoms with Gasteiger partial charge in [-0.15, -0.1) is 0 Å². The molecule has 0 fully saturated rings. The van der Waals surface area contributed by atoms with Crippen LogP contribution in [0.25, 0.3) is 22.3 Å². The minimum absolute atomic E-state index is 0.126. The molecule has 0 spiro atoms. The highest BCUT2D eigenvalue weighted by atomic mass is 19.4. The molecule has 1 atom stereocenters. The monoisotopic (exact) mass is 457 g/mol. The first-order chi connectivity index (χ1) is 15.6. The summed E-state index contributed by atoms with van der Waals surface area (Å²) < 4.78 is 44.0. The Hall–Kier alpha value is -3.63. The Morgan fingerprint density at radius 2 is 1.85 bits per heavy atom. The van der Waals surface area contributed by atoms with Crippen molar-refractivity contribution in [2.75, 3.05) is 6.54 Å². The van der Waals surface area contributed by atoms with Gasteiger partial charge in [-0.1, -0.05) is 6.07 Å². The number of halogens is 3. The molecule has 8 nitrogen and oxygen atoms in total. The highest BCUT2D eigenvalue weighted by Crippen LogP contribution is 2.38. The predicted octanol–water partition coefficient (Wildman–Crippen LogP) is 3.49. The summed E-state index contributed by atoms with van der Waals surface area (Å²) in [6.07, 6.45) is -2.23. The molecule has 0 bridgehead atoms. The fraction of sp³-hybridized carbons (Fsp3) is 0.364. The topological polar surface area (TPSA) is 73.8 Å². The molecule has 0 unspecified atom stereocenters. The number of aromatic nitrogens is 6. The zero-order chi connectivity index (χ0) is 23.7. The summed E-state index contributed by atoms with van der Waals surface area (Å²) >= 11 is 0. The van der Waals surface area contributed by atoms with E-state index < -0.39 is 11.9 Å². The Kier molecular flexibility index (Phi) is 4.62. The first-order valence-corrected chi connectivity index (χ1v) is 10.5. The van der Waals surface area contributed by atoms with Crippen LogP contribution in [0.4, 0.5) is 13.2 Å². The van der Waals surface area contributed by atoms with Crippen molar-refractivity contribution in [1.82, 2.24) is 34.2 Å². The number of nitrogens with zero attached hydrogens (tertiary/aromatic N) is 7. The zero-order valence-corrected chi connectivity index (χ0v) is 18.6. The lowest BCUT2D eigenvalue weighted by atomic mass is 9.96. The van der Waals surface area contributed by atoms with E-state index in [-0.39, 0.29) is 11.9 Å². The number of carbonyl (C=O) groups is 1. The van der Waals surface area contributed by atoms with Crippen molar-refractivity contribution in [3.05, 3.63) is 53.0 Å². The molecular formula is C22H22F3N7O. The highest BCUT2D eigenvalue weighted by Gasteiger charge is 2.37. The first kappa shape index (κ1) is 21.2. The SMILES string of the molecule is C[C@H]1c2nn(C)c(-c3cc(C(F)(F)F)nn3C)c2CCN1C(=O)c1cccc2nn(C)cc12. The van der Waals surface area contributed by atoms with Crippen LogP contribution in [0.3, 0.4) is 0 Å². The second-order valence-electron chi connectivity index (χ2n) is 8.34. The van der Waals surface area contributed by atoms with Crippen molar-refractivity contribution < 1.29 is 18.0 Å². The average Bonchev–Trinajstić information content (AvgIpc) is 3.41. The number of benzene rings is 1. The van der Waals surface area contributed by atoms with E-state index in [4.69, 9.17) is 0 Å². The summed E-state index contributed by atoms with van der Waals surface area (Å²) in [6.45, 7) is 2.31. The fourth-order valence-corrected chi connectivity index (χ4v) is 4.67. The van der Waals surface area contributed by atoms with Crippen LogP contribution in [-0.2, 0) is 33.7 Å². The molecule has 1 aliphatic heterocycles. The van der Waals surface area contributed by atoms with Crippen molar-refractivity contribution in [1.29, 1.82) is 0 Å². The summed E-state index contributed by atoms with van der Waals surface area (Å²) in [6, 6.07) is 6.15. The number of rotatable bonds is 2. The minimum atomic E-state index is -4.53. The van der Waals surface area contributed by atoms with Gasteiger partial charge in [0.25, 0.3) is 5.91 Å². The van der Waals surface area contributed by atoms with Crippen LogP contribution in [0.2, 0.25) is 0 Å². The molecule has 172 valence electrons. The molecular weight excluding hydrogens is 435 g/mol. The van der Waals surface area contributed by atoms with Crippen LogP contribution in [-0.4, -0.2) is 46.7 Å². The van der Waals surface area contributed by atoms with E-state index in [1.807, 2.05) is 32.3 Å². The van der Waals surface area contributed by atoms with Gasteiger partial charge in [-0.2, -0.15) is 28.5 Å². The van der Waals surface area contributed by atoms with Gasteiger partial charge in [0.2, 0.25) is 0 Å². The van der Waals surface area contributed by atoms with Gasteiger partial charge in [0, 0.05) is 44.8 Å². The third-order valence-electron chi connectivity index (χ3n) is 6.21. The Bertz CT molecular complexity index is 1400. The number of hydrogen-bond acceptors (Lipinski definition) is 4. The zero-order valence-electron chi connectivity index (χ0n) is 18.6. The van der Waals surface area contributed by atoms with Crippen molar-refractivity contribution in [2.45, 2.75) is 25.6 Å². The number of carbonyl (C=O) groups excluding carboxylic acids is 1. The van der Waals surface area contributed by atoms with E-state index in [0.717, 1.165) is 22.5 Å². The molecule has 4 heterocycles. The Balaban J connectivity index is 1.53. The van der Waals surface area contributed by atoms with E-state index in [0.29, 0.717) is 35.6 Å². The summed E-state index contributed by atoms with van der Waals surface area (Å²) in [5.74, 6) is -0.126. The summed E-state index contributed by atoms with van der Waals surface area (Å²) in [4.78, 5) is 15.2. The smallest absolute Gasteiger partial charge is 0.330 e. The Labute approximate surface area is 187 Å². The van der Waals surface area contributed by atoms with E-state index in [1.165, 1.54) is 11.7 Å². The maximum Gasteiger partial charge on any atom is 0.435 e. The molecule has 1 amide bonds. The van der Waals surface area contributed by atoms with E-state index in [2.05, 4.69) is 15.3 Å². The molecule has 4 aromatic rings. The van der Waals surface area contributed by atoms with Gasteiger partial charge in [-0.3, -0.25) is 18.8 Å². The molecule has 0 saturated carbocycles. The van der Waals surface area contributed by atoms with Crippen molar-refractivity contribution in [2.24, 2.45) is 21.1 Å². The minimum Gasteiger partial charge on any atom is -0.330 e. The number of amides is 1. The van der Waals surface area contributed by atoms with E-state index in [9.17, 15) is 18.0 Å². The van der Waals surface area contributed by atoms with Gasteiger partial charge < -0.3 is 4.90 Å². The van der Waals surface area contributed by atoms with Crippen LogP contribution < -0.4 is 0 Å². The molecule has 3 aromatic heterocycles. The Morgan fingerprint density at radius 1 is 1.09 bits per heavy atom. The summed E-state index contributed by atoms with van der Waals surface area (Å²) in [7, 11) is 4.99. The number of alkyl halides is 3. The van der Waals surface area contributed by atoms with Gasteiger partial charge in [-0.05, 0) is 31.5 Å². The molecule has 1 aromatic carbocycles. The van der Waals surface area contributed by atoms with Gasteiger partial charge in [0.05, 0.1) is 34.2 Å². The van der Waals surface area contributed by atoms with Crippen LogP contribution >= 0.6 is 0 Å². The average molecular weight is 457 g/mol. The first-order valence-electron chi connectivity index (χ1n) is 10.5. The lowest BCUT2D eigenvalue weighted by Gasteiger charge is -2.33. The van der Waals surface area contributed by atoms with Crippen LogP contribution in [0.5, 0.6) is 0 Å². The van der Waals surface area contributed by atoms with Gasteiger partial charge in [0.1, 0.15) is 0 Å². The Morgan fingerprint density at radius 3 is 2.55 bits per heavy atom. The fourth-order valence-electron chi connectivity index (χ4n) is 4.67. The van der Waals surface area contributed by atoms with Crippen molar-refractivity contribution >= 4 is 16.8 Å². The normalized spacial score (nSPS) is 16.5. The number of fused-ring (bicyclic) bond motifs is 2. The highest BCUT2D eigenvalue weighted by molar-refractivity contribution is 6.06. The summed E-state index contributed by atoms with van der Waals surface area (Å²) in [5.41, 5.74) is 2.80. The lowest BCUT2D eigenvalue weighted by Crippen LogP contribution is -2.39. The third-order valence-corrected chi connectivity index (χ3v) is 6.21. The molecule has 0 N–H and O–H groups in total. The lowest BCUT2D eigenvalue weighted by molar-refractivity contribution is -0.141. The molecule has 5 rings (SSSR count). The van der Waals surface area contributed by atoms with Crippen LogP contribution in [0.15, 0.2) is 30.5 Å². The van der Waals surface area contributed by atoms with Gasteiger partial charge in [0.15, 0.2) is 5.69 Å². The maximum atomic E-state index is 13.5. The van der Waals surface area contributed by atoms with Gasteiger partial charge in [-0.25, -0.2) is 0 Å². The predicted molar refractivity (Wildman–Crippen MR) is 114 cm³/mol.